The van der Waals surface area contributed by atoms with Gasteiger partial charge in [-0.1, -0.05) is 25.4 Å². The summed E-state index contributed by atoms with van der Waals surface area (Å²) in [6, 6.07) is 5.76. The predicted molar refractivity (Wildman–Crippen MR) is 87.1 cm³/mol. The van der Waals surface area contributed by atoms with E-state index in [-0.39, 0.29) is 22.4 Å². The zero-order valence-electron chi connectivity index (χ0n) is 12.6. The molecule has 0 saturated heterocycles. The van der Waals surface area contributed by atoms with Gasteiger partial charge in [-0.2, -0.15) is 0 Å². The molecule has 23 heavy (non-hydrogen) atoms. The second-order valence-electron chi connectivity index (χ2n) is 5.18. The van der Waals surface area contributed by atoms with Crippen LogP contribution in [0.3, 0.4) is 0 Å². The number of anilines is 2. The molecule has 2 aromatic rings. The van der Waals surface area contributed by atoms with Crippen molar-refractivity contribution in [3.63, 3.8) is 0 Å². The van der Waals surface area contributed by atoms with Gasteiger partial charge in [-0.05, 0) is 24.3 Å². The second kappa shape index (κ2) is 7.19. The van der Waals surface area contributed by atoms with Crippen molar-refractivity contribution in [3.05, 3.63) is 53.1 Å². The Balaban J connectivity index is 2.11. The average molecular weight is 336 g/mol. The van der Waals surface area contributed by atoms with Crippen LogP contribution in [0.25, 0.3) is 0 Å². The number of hydrogen-bond acceptors (Lipinski definition) is 3. The van der Waals surface area contributed by atoms with E-state index in [0.717, 1.165) is 12.3 Å². The first-order valence-corrected chi connectivity index (χ1v) is 7.27. The molecule has 0 unspecified atom stereocenters. The summed E-state index contributed by atoms with van der Waals surface area (Å²) >= 11 is 6.09. The van der Waals surface area contributed by atoms with E-state index in [1.807, 2.05) is 0 Å². The highest BCUT2D eigenvalue weighted by molar-refractivity contribution is 6.34. The average Bonchev–Trinajstić information content (AvgIpc) is 2.49. The van der Waals surface area contributed by atoms with Crippen molar-refractivity contribution in [1.29, 1.82) is 0 Å². The monoisotopic (exact) mass is 335 g/mol. The minimum Gasteiger partial charge on any atom is -0.325 e. The van der Waals surface area contributed by atoms with Crippen LogP contribution in [0.15, 0.2) is 36.7 Å². The molecule has 0 aliphatic heterocycles. The van der Waals surface area contributed by atoms with Crippen molar-refractivity contribution in [2.45, 2.75) is 13.8 Å². The van der Waals surface area contributed by atoms with Crippen LogP contribution < -0.4 is 10.6 Å². The van der Waals surface area contributed by atoms with Crippen LogP contribution in [0.2, 0.25) is 5.02 Å². The van der Waals surface area contributed by atoms with Gasteiger partial charge in [0.1, 0.15) is 5.82 Å². The van der Waals surface area contributed by atoms with Crippen LogP contribution >= 0.6 is 11.6 Å². The number of carbonyl (C=O) groups excluding carboxylic acids is 2. The van der Waals surface area contributed by atoms with Crippen LogP contribution in [0.1, 0.15) is 24.2 Å². The van der Waals surface area contributed by atoms with Gasteiger partial charge in [-0.25, -0.2) is 4.39 Å². The van der Waals surface area contributed by atoms with E-state index in [1.54, 1.807) is 26.0 Å². The highest BCUT2D eigenvalue weighted by Gasteiger charge is 2.12. The van der Waals surface area contributed by atoms with Crippen molar-refractivity contribution in [3.8, 4) is 0 Å². The minimum absolute atomic E-state index is 0.0957. The van der Waals surface area contributed by atoms with Crippen molar-refractivity contribution < 1.29 is 14.0 Å². The summed E-state index contributed by atoms with van der Waals surface area (Å²) in [6.45, 7) is 3.54. The van der Waals surface area contributed by atoms with E-state index >= 15 is 0 Å². The van der Waals surface area contributed by atoms with Gasteiger partial charge in [-0.3, -0.25) is 14.6 Å². The Morgan fingerprint density at radius 1 is 1.17 bits per heavy atom. The summed E-state index contributed by atoms with van der Waals surface area (Å²) in [7, 11) is 0. The number of aromatic nitrogens is 1. The maximum atomic E-state index is 13.1. The summed E-state index contributed by atoms with van der Waals surface area (Å²) in [4.78, 5) is 27.3. The van der Waals surface area contributed by atoms with Crippen LogP contribution in [-0.4, -0.2) is 16.8 Å². The molecule has 0 saturated carbocycles. The van der Waals surface area contributed by atoms with Gasteiger partial charge in [0, 0.05) is 17.8 Å². The number of amides is 2. The molecule has 0 spiro atoms. The molecule has 120 valence electrons. The molecule has 2 amide bonds. The number of benzene rings is 1. The lowest BCUT2D eigenvalue weighted by molar-refractivity contribution is -0.118. The summed E-state index contributed by atoms with van der Waals surface area (Å²) in [5.74, 6) is -1.44. The quantitative estimate of drug-likeness (QED) is 0.894. The van der Waals surface area contributed by atoms with Gasteiger partial charge in [0.25, 0.3) is 5.91 Å². The third-order valence-corrected chi connectivity index (χ3v) is 3.29. The van der Waals surface area contributed by atoms with E-state index < -0.39 is 11.7 Å². The fourth-order valence-corrected chi connectivity index (χ4v) is 1.94. The topological polar surface area (TPSA) is 71.1 Å². The lowest BCUT2D eigenvalue weighted by Crippen LogP contribution is -2.18. The zero-order valence-corrected chi connectivity index (χ0v) is 13.3. The molecule has 0 atom stereocenters. The first-order valence-electron chi connectivity index (χ1n) is 6.89. The van der Waals surface area contributed by atoms with Crippen LogP contribution in [0.5, 0.6) is 0 Å². The zero-order chi connectivity index (χ0) is 17.0. The first-order chi connectivity index (χ1) is 10.9. The number of nitrogens with zero attached hydrogens (tertiary/aromatic N) is 1. The molecule has 2 N–H and O–H groups in total. The van der Waals surface area contributed by atoms with Crippen molar-refractivity contribution in [2.24, 2.45) is 5.92 Å². The molecule has 0 bridgehead atoms. The number of rotatable bonds is 4. The first kappa shape index (κ1) is 16.9. The summed E-state index contributed by atoms with van der Waals surface area (Å²) in [5.41, 5.74) is 0.973. The van der Waals surface area contributed by atoms with Gasteiger partial charge in [0.2, 0.25) is 5.91 Å². The van der Waals surface area contributed by atoms with Crippen LogP contribution in [0, 0.1) is 11.7 Å². The Morgan fingerprint density at radius 2 is 1.91 bits per heavy atom. The highest BCUT2D eigenvalue weighted by Crippen LogP contribution is 2.26. The largest absolute Gasteiger partial charge is 0.325 e. The van der Waals surface area contributed by atoms with Gasteiger partial charge in [-0.15, -0.1) is 0 Å². The normalized spacial score (nSPS) is 10.5. The maximum absolute atomic E-state index is 13.1. The van der Waals surface area contributed by atoms with Crippen molar-refractivity contribution >= 4 is 34.8 Å². The van der Waals surface area contributed by atoms with Gasteiger partial charge < -0.3 is 10.6 Å². The number of hydrogen-bond donors (Lipinski definition) is 2. The smallest absolute Gasteiger partial charge is 0.257 e. The molecule has 0 aliphatic rings. The third-order valence-electron chi connectivity index (χ3n) is 2.98. The maximum Gasteiger partial charge on any atom is 0.257 e. The molecule has 5 nitrogen and oxygen atoms in total. The van der Waals surface area contributed by atoms with Crippen LogP contribution in [-0.2, 0) is 4.79 Å². The van der Waals surface area contributed by atoms with E-state index in [9.17, 15) is 14.0 Å². The SMILES string of the molecule is CC(C)C(=O)Nc1ccc(NC(=O)c2cncc(F)c2)cc1Cl. The van der Waals surface area contributed by atoms with Crippen molar-refractivity contribution in [1.82, 2.24) is 4.98 Å². The van der Waals surface area contributed by atoms with Gasteiger partial charge in [0.15, 0.2) is 0 Å². The molecular weight excluding hydrogens is 321 g/mol. The van der Waals surface area contributed by atoms with Crippen molar-refractivity contribution in [2.75, 3.05) is 10.6 Å². The number of carbonyl (C=O) groups is 2. The fraction of sp³-hybridized carbons (Fsp3) is 0.188. The van der Waals surface area contributed by atoms with Gasteiger partial charge >= 0.3 is 0 Å². The van der Waals surface area contributed by atoms with E-state index in [1.165, 1.54) is 12.3 Å². The second-order valence-corrected chi connectivity index (χ2v) is 5.59. The summed E-state index contributed by atoms with van der Waals surface area (Å²) in [5, 5.41) is 5.56. The Morgan fingerprint density at radius 3 is 2.52 bits per heavy atom. The Kier molecular flexibility index (Phi) is 5.28. The molecule has 0 fully saturated rings. The molecular formula is C16H15ClFN3O2. The summed E-state index contributed by atoms with van der Waals surface area (Å²) in [6.07, 6.45) is 2.27. The Hall–Kier alpha value is -2.47. The molecule has 2 rings (SSSR count). The molecule has 1 aromatic carbocycles. The molecule has 7 heteroatoms. The fourth-order valence-electron chi connectivity index (χ4n) is 1.71. The summed E-state index contributed by atoms with van der Waals surface area (Å²) < 4.78 is 13.1. The number of pyridine rings is 1. The standard InChI is InChI=1S/C16H15ClFN3O2/c1-9(2)15(22)21-14-4-3-12(6-13(14)17)20-16(23)10-5-11(18)8-19-7-10/h3-9H,1-2H3,(H,20,23)(H,21,22). The third kappa shape index (κ3) is 4.50. The van der Waals surface area contributed by atoms with E-state index in [0.29, 0.717) is 11.4 Å². The van der Waals surface area contributed by atoms with Crippen LogP contribution in [0.4, 0.5) is 15.8 Å². The minimum atomic E-state index is -0.595. The van der Waals surface area contributed by atoms with E-state index in [2.05, 4.69) is 15.6 Å². The molecule has 0 radical (unpaired) electrons. The van der Waals surface area contributed by atoms with Gasteiger partial charge in [0.05, 0.1) is 22.5 Å². The highest BCUT2D eigenvalue weighted by atomic mass is 35.5. The number of halogens is 2. The Labute approximate surface area is 137 Å². The molecule has 1 aromatic heterocycles. The van der Waals surface area contributed by atoms with E-state index in [4.69, 9.17) is 11.6 Å². The predicted octanol–water partition coefficient (Wildman–Crippen LogP) is 3.72. The lowest BCUT2D eigenvalue weighted by Gasteiger charge is -2.11. The molecule has 0 aliphatic carbocycles. The molecule has 1 heterocycles. The lowest BCUT2D eigenvalue weighted by atomic mass is 10.2. The number of nitrogens with one attached hydrogen (secondary N) is 2. The Bertz CT molecular complexity index is 750.